The van der Waals surface area contributed by atoms with E-state index in [2.05, 4.69) is 0 Å². The van der Waals surface area contributed by atoms with Gasteiger partial charge >= 0.3 is 5.97 Å². The Labute approximate surface area is 112 Å². The molecule has 0 amide bonds. The minimum absolute atomic E-state index is 0.183. The number of hydrogen-bond donors (Lipinski definition) is 1. The monoisotopic (exact) mass is 283 g/mol. The number of sulfone groups is 1. The van der Waals surface area contributed by atoms with Gasteiger partial charge in [-0.1, -0.05) is 6.07 Å². The molecular formula is C13H17NO4S. The largest absolute Gasteiger partial charge is 0.480 e. The zero-order chi connectivity index (χ0) is 14.4. The smallest absolute Gasteiger partial charge is 0.323 e. The van der Waals surface area contributed by atoms with E-state index in [-0.39, 0.29) is 18.0 Å². The maximum atomic E-state index is 12.3. The Morgan fingerprint density at radius 2 is 2.05 bits per heavy atom. The highest BCUT2D eigenvalue weighted by atomic mass is 32.2. The molecule has 0 fully saturated rings. The second-order valence-corrected chi connectivity index (χ2v) is 7.32. The van der Waals surface area contributed by atoms with Gasteiger partial charge in [0, 0.05) is 6.54 Å². The summed E-state index contributed by atoms with van der Waals surface area (Å²) in [7, 11) is -3.36. The average Bonchev–Trinajstić information content (AvgIpc) is 2.29. The molecule has 0 aliphatic carbocycles. The summed E-state index contributed by atoms with van der Waals surface area (Å²) < 4.78 is 24.6. The number of hydrogen-bond acceptors (Lipinski definition) is 4. The lowest BCUT2D eigenvalue weighted by atomic mass is 10.1. The van der Waals surface area contributed by atoms with Gasteiger partial charge in [-0.25, -0.2) is 8.42 Å². The molecule has 6 heteroatoms. The summed E-state index contributed by atoms with van der Waals surface area (Å²) >= 11 is 0. The van der Waals surface area contributed by atoms with Crippen LogP contribution in [0.4, 0.5) is 5.69 Å². The zero-order valence-electron chi connectivity index (χ0n) is 11.2. The summed E-state index contributed by atoms with van der Waals surface area (Å²) in [4.78, 5) is 12.8. The van der Waals surface area contributed by atoms with Crippen molar-refractivity contribution >= 4 is 21.5 Å². The standard InChI is InChI=1S/C13H17NO4S/c1-8-4-5-11-13(10(8)3)14(7-12(15)16)6-9(2)19(11,17)18/h4-5,9H,6-7H2,1-3H3,(H,15,16). The molecular weight excluding hydrogens is 266 g/mol. The highest BCUT2D eigenvalue weighted by Crippen LogP contribution is 2.37. The topological polar surface area (TPSA) is 74.7 Å². The van der Waals surface area contributed by atoms with Crippen LogP contribution < -0.4 is 4.90 Å². The third kappa shape index (κ3) is 2.20. The van der Waals surface area contributed by atoms with E-state index in [9.17, 15) is 13.2 Å². The Kier molecular flexibility index (Phi) is 3.30. The van der Waals surface area contributed by atoms with Crippen LogP contribution in [0.1, 0.15) is 18.1 Å². The molecule has 5 nitrogen and oxygen atoms in total. The van der Waals surface area contributed by atoms with Crippen molar-refractivity contribution < 1.29 is 18.3 Å². The Morgan fingerprint density at radius 1 is 1.42 bits per heavy atom. The molecule has 1 aliphatic rings. The SMILES string of the molecule is Cc1ccc2c(c1C)N(CC(=O)O)CC(C)S2(=O)=O. The minimum Gasteiger partial charge on any atom is -0.480 e. The van der Waals surface area contributed by atoms with Crippen molar-refractivity contribution in [1.82, 2.24) is 0 Å². The Bertz CT molecular complexity index is 636. The van der Waals surface area contributed by atoms with Crippen LogP contribution >= 0.6 is 0 Å². The number of carboxylic acid groups (broad SMARTS) is 1. The number of fused-ring (bicyclic) bond motifs is 1. The van der Waals surface area contributed by atoms with E-state index in [4.69, 9.17) is 5.11 Å². The first-order valence-corrected chi connectivity index (χ1v) is 7.60. The third-order valence-electron chi connectivity index (χ3n) is 3.62. The lowest BCUT2D eigenvalue weighted by Crippen LogP contribution is -2.43. The molecule has 1 aliphatic heterocycles. The van der Waals surface area contributed by atoms with Gasteiger partial charge in [0.1, 0.15) is 6.54 Å². The molecule has 1 aromatic carbocycles. The molecule has 1 N–H and O–H groups in total. The molecule has 0 radical (unpaired) electrons. The van der Waals surface area contributed by atoms with Crippen LogP contribution in [-0.2, 0) is 14.6 Å². The predicted molar refractivity (Wildman–Crippen MR) is 72.4 cm³/mol. The Hall–Kier alpha value is -1.56. The third-order valence-corrected chi connectivity index (χ3v) is 5.77. The van der Waals surface area contributed by atoms with Crippen LogP contribution in [0.2, 0.25) is 0 Å². The number of aryl methyl sites for hydroxylation is 1. The molecule has 1 heterocycles. The van der Waals surface area contributed by atoms with Gasteiger partial charge in [-0.05, 0) is 38.0 Å². The van der Waals surface area contributed by atoms with E-state index in [0.29, 0.717) is 5.69 Å². The fraction of sp³-hybridized carbons (Fsp3) is 0.462. The van der Waals surface area contributed by atoms with Crippen molar-refractivity contribution in [2.75, 3.05) is 18.0 Å². The number of anilines is 1. The number of aliphatic carboxylic acids is 1. The second kappa shape index (κ2) is 4.52. The van der Waals surface area contributed by atoms with Gasteiger partial charge in [0.05, 0.1) is 15.8 Å². The van der Waals surface area contributed by atoms with Gasteiger partial charge in [-0.15, -0.1) is 0 Å². The lowest BCUT2D eigenvalue weighted by molar-refractivity contribution is -0.135. The summed E-state index contributed by atoms with van der Waals surface area (Å²) in [5.41, 5.74) is 2.33. The summed E-state index contributed by atoms with van der Waals surface area (Å²) in [6.45, 7) is 5.36. The van der Waals surface area contributed by atoms with Crippen LogP contribution in [0, 0.1) is 13.8 Å². The summed E-state index contributed by atoms with van der Waals surface area (Å²) in [5.74, 6) is -0.960. The van der Waals surface area contributed by atoms with Crippen molar-refractivity contribution in [2.45, 2.75) is 30.9 Å². The molecule has 0 saturated carbocycles. The molecule has 0 spiro atoms. The molecule has 104 valence electrons. The number of nitrogens with zero attached hydrogens (tertiary/aromatic N) is 1. The molecule has 1 unspecified atom stereocenters. The van der Waals surface area contributed by atoms with Crippen molar-refractivity contribution in [3.8, 4) is 0 Å². The highest BCUT2D eigenvalue weighted by molar-refractivity contribution is 7.92. The predicted octanol–water partition coefficient (Wildman–Crippen LogP) is 1.37. The number of carboxylic acids is 1. The zero-order valence-corrected chi connectivity index (χ0v) is 12.0. The fourth-order valence-electron chi connectivity index (χ4n) is 2.42. The average molecular weight is 283 g/mol. The van der Waals surface area contributed by atoms with Gasteiger partial charge in [0.2, 0.25) is 0 Å². The minimum atomic E-state index is -3.36. The summed E-state index contributed by atoms with van der Waals surface area (Å²) in [5, 5.41) is 8.38. The van der Waals surface area contributed by atoms with E-state index >= 15 is 0 Å². The van der Waals surface area contributed by atoms with E-state index in [1.807, 2.05) is 13.8 Å². The lowest BCUT2D eigenvalue weighted by Gasteiger charge is -2.35. The van der Waals surface area contributed by atoms with Crippen molar-refractivity contribution in [3.63, 3.8) is 0 Å². The number of benzene rings is 1. The van der Waals surface area contributed by atoms with Crippen LogP contribution in [0.15, 0.2) is 17.0 Å². The maximum Gasteiger partial charge on any atom is 0.323 e. The number of rotatable bonds is 2. The van der Waals surface area contributed by atoms with E-state index in [0.717, 1.165) is 11.1 Å². The van der Waals surface area contributed by atoms with Gasteiger partial charge in [0.25, 0.3) is 0 Å². The molecule has 19 heavy (non-hydrogen) atoms. The van der Waals surface area contributed by atoms with Crippen LogP contribution in [0.5, 0.6) is 0 Å². The van der Waals surface area contributed by atoms with E-state index in [1.165, 1.54) is 0 Å². The molecule has 1 atom stereocenters. The fourth-order valence-corrected chi connectivity index (χ4v) is 4.04. The molecule has 1 aromatic rings. The Morgan fingerprint density at radius 3 is 2.63 bits per heavy atom. The van der Waals surface area contributed by atoms with Crippen molar-refractivity contribution in [1.29, 1.82) is 0 Å². The van der Waals surface area contributed by atoms with Gasteiger partial charge < -0.3 is 10.0 Å². The van der Waals surface area contributed by atoms with Gasteiger partial charge in [-0.2, -0.15) is 0 Å². The van der Waals surface area contributed by atoms with Crippen molar-refractivity contribution in [2.24, 2.45) is 0 Å². The van der Waals surface area contributed by atoms with Crippen LogP contribution in [0.3, 0.4) is 0 Å². The second-order valence-electron chi connectivity index (χ2n) is 4.98. The normalized spacial score (nSPS) is 21.0. The van der Waals surface area contributed by atoms with Crippen molar-refractivity contribution in [3.05, 3.63) is 23.3 Å². The molecule has 2 rings (SSSR count). The van der Waals surface area contributed by atoms with Gasteiger partial charge in [0.15, 0.2) is 9.84 Å². The first kappa shape index (κ1) is 13.9. The molecule has 0 saturated heterocycles. The van der Waals surface area contributed by atoms with Crippen LogP contribution in [-0.4, -0.2) is 37.8 Å². The number of carbonyl (C=O) groups is 1. The summed E-state index contributed by atoms with van der Waals surface area (Å²) in [6.07, 6.45) is 0. The molecule has 0 bridgehead atoms. The van der Waals surface area contributed by atoms with E-state index < -0.39 is 21.1 Å². The van der Waals surface area contributed by atoms with Gasteiger partial charge in [-0.3, -0.25) is 4.79 Å². The van der Waals surface area contributed by atoms with Crippen LogP contribution in [0.25, 0.3) is 0 Å². The molecule has 0 aromatic heterocycles. The quantitative estimate of drug-likeness (QED) is 0.887. The summed E-state index contributed by atoms with van der Waals surface area (Å²) in [6, 6.07) is 3.35. The Balaban J connectivity index is 2.68. The highest BCUT2D eigenvalue weighted by Gasteiger charge is 2.36. The van der Waals surface area contributed by atoms with E-state index in [1.54, 1.807) is 24.0 Å². The maximum absolute atomic E-state index is 12.3. The first-order valence-electron chi connectivity index (χ1n) is 6.06. The first-order chi connectivity index (χ1) is 8.75.